The highest BCUT2D eigenvalue weighted by atomic mass is 16.7. The Labute approximate surface area is 147 Å². The van der Waals surface area contributed by atoms with E-state index in [0.29, 0.717) is 25.9 Å². The number of likely N-dealkylation sites (N-methyl/N-ethyl adjacent to an activating group) is 1. The van der Waals surface area contributed by atoms with Gasteiger partial charge in [-0.1, -0.05) is 6.07 Å². The van der Waals surface area contributed by atoms with Gasteiger partial charge in [0.2, 0.25) is 12.7 Å². The van der Waals surface area contributed by atoms with Gasteiger partial charge in [-0.05, 0) is 38.2 Å². The van der Waals surface area contributed by atoms with Crippen LogP contribution in [0.15, 0.2) is 30.7 Å². The van der Waals surface area contributed by atoms with E-state index in [2.05, 4.69) is 14.9 Å². The summed E-state index contributed by atoms with van der Waals surface area (Å²) in [6.45, 7) is 2.32. The lowest BCUT2D eigenvalue weighted by molar-refractivity contribution is -0.132. The predicted molar refractivity (Wildman–Crippen MR) is 93.4 cm³/mol. The molecule has 0 fully saturated rings. The van der Waals surface area contributed by atoms with E-state index in [4.69, 9.17) is 9.47 Å². The van der Waals surface area contributed by atoms with Crippen LogP contribution in [0.5, 0.6) is 11.5 Å². The molecule has 2 aromatic rings. The molecule has 1 aliphatic heterocycles. The topological polar surface area (TPSA) is 70.7 Å². The number of aromatic amines is 1. The average Bonchev–Trinajstić information content (AvgIpc) is 3.27. The lowest BCUT2D eigenvalue weighted by Gasteiger charge is -2.24. The molecule has 0 saturated carbocycles. The van der Waals surface area contributed by atoms with Gasteiger partial charge in [0.05, 0.1) is 18.6 Å². The van der Waals surface area contributed by atoms with Crippen LogP contribution in [0.3, 0.4) is 0 Å². The van der Waals surface area contributed by atoms with Crippen molar-refractivity contribution in [1.29, 1.82) is 0 Å². The van der Waals surface area contributed by atoms with E-state index in [1.807, 2.05) is 37.2 Å². The van der Waals surface area contributed by atoms with Crippen molar-refractivity contribution in [3.63, 3.8) is 0 Å². The molecule has 1 amide bonds. The number of imidazole rings is 1. The van der Waals surface area contributed by atoms with E-state index in [1.165, 1.54) is 0 Å². The number of hydrogen-bond donors (Lipinski definition) is 1. The Morgan fingerprint density at radius 2 is 2.08 bits per heavy atom. The second-order valence-corrected chi connectivity index (χ2v) is 6.38. The van der Waals surface area contributed by atoms with Crippen LogP contribution in [0, 0.1) is 0 Å². The number of carbonyl (C=O) groups excluding carboxylic acids is 1. The van der Waals surface area contributed by atoms with Gasteiger partial charge in [0.25, 0.3) is 0 Å². The molecule has 7 nitrogen and oxygen atoms in total. The number of benzene rings is 1. The second-order valence-electron chi connectivity index (χ2n) is 6.38. The maximum absolute atomic E-state index is 12.7. The number of fused-ring (bicyclic) bond motifs is 1. The minimum atomic E-state index is 0.133. The van der Waals surface area contributed by atoms with Gasteiger partial charge in [0.15, 0.2) is 11.5 Å². The number of aryl methyl sites for hydroxylation is 1. The molecule has 25 heavy (non-hydrogen) atoms. The summed E-state index contributed by atoms with van der Waals surface area (Å²) in [7, 11) is 4.01. The molecule has 0 radical (unpaired) electrons. The number of hydrogen-bond acceptors (Lipinski definition) is 5. The van der Waals surface area contributed by atoms with Gasteiger partial charge < -0.3 is 24.3 Å². The molecule has 0 atom stereocenters. The van der Waals surface area contributed by atoms with E-state index < -0.39 is 0 Å². The van der Waals surface area contributed by atoms with E-state index in [9.17, 15) is 4.79 Å². The number of carbonyl (C=O) groups is 1. The molecule has 1 N–H and O–H groups in total. The Bertz CT molecular complexity index is 700. The third-order valence-corrected chi connectivity index (χ3v) is 4.15. The van der Waals surface area contributed by atoms with Gasteiger partial charge in [-0.3, -0.25) is 4.79 Å². The number of ether oxygens (including phenoxy) is 2. The summed E-state index contributed by atoms with van der Waals surface area (Å²) in [5, 5.41) is 0. The first-order valence-electron chi connectivity index (χ1n) is 8.40. The highest BCUT2D eigenvalue weighted by Crippen LogP contribution is 2.32. The van der Waals surface area contributed by atoms with Crippen molar-refractivity contribution in [2.45, 2.75) is 19.4 Å². The van der Waals surface area contributed by atoms with Crippen molar-refractivity contribution in [2.75, 3.05) is 34.0 Å². The molecule has 2 heterocycles. The minimum Gasteiger partial charge on any atom is -0.454 e. The van der Waals surface area contributed by atoms with Crippen molar-refractivity contribution in [3.05, 3.63) is 42.0 Å². The van der Waals surface area contributed by atoms with Crippen LogP contribution < -0.4 is 9.47 Å². The first-order chi connectivity index (χ1) is 12.1. The van der Waals surface area contributed by atoms with Gasteiger partial charge in [0, 0.05) is 25.7 Å². The molecule has 0 aliphatic carbocycles. The van der Waals surface area contributed by atoms with Crippen LogP contribution in [-0.2, 0) is 17.8 Å². The second kappa shape index (κ2) is 8.02. The zero-order chi connectivity index (χ0) is 17.6. The van der Waals surface area contributed by atoms with Crippen molar-refractivity contribution >= 4 is 5.91 Å². The SMILES string of the molecule is CN(C)CCN(Cc1cnc[nH]1)C(=O)CCc1ccc2c(c1)OCO2. The third-order valence-electron chi connectivity index (χ3n) is 4.15. The average molecular weight is 344 g/mol. The molecule has 7 heteroatoms. The van der Waals surface area contributed by atoms with Gasteiger partial charge in [-0.25, -0.2) is 4.98 Å². The summed E-state index contributed by atoms with van der Waals surface area (Å²) in [5.74, 6) is 1.66. The summed E-state index contributed by atoms with van der Waals surface area (Å²) < 4.78 is 10.7. The molecule has 0 spiro atoms. The molecule has 1 aliphatic rings. The maximum Gasteiger partial charge on any atom is 0.231 e. The first kappa shape index (κ1) is 17.3. The predicted octanol–water partition coefficient (Wildman–Crippen LogP) is 1.66. The third kappa shape index (κ3) is 4.73. The number of rotatable bonds is 8. The highest BCUT2D eigenvalue weighted by molar-refractivity contribution is 5.76. The largest absolute Gasteiger partial charge is 0.454 e. The smallest absolute Gasteiger partial charge is 0.231 e. The molecule has 1 aromatic carbocycles. The van der Waals surface area contributed by atoms with Gasteiger partial charge in [0.1, 0.15) is 0 Å². The zero-order valence-electron chi connectivity index (χ0n) is 14.7. The fraction of sp³-hybridized carbons (Fsp3) is 0.444. The Hall–Kier alpha value is -2.54. The van der Waals surface area contributed by atoms with Gasteiger partial charge in [-0.2, -0.15) is 0 Å². The molecule has 3 rings (SSSR count). The van der Waals surface area contributed by atoms with Gasteiger partial charge >= 0.3 is 0 Å². The van der Waals surface area contributed by atoms with Crippen LogP contribution in [0.25, 0.3) is 0 Å². The Morgan fingerprint density at radius 3 is 2.84 bits per heavy atom. The summed E-state index contributed by atoms with van der Waals surface area (Å²) in [6, 6.07) is 5.84. The molecule has 0 unspecified atom stereocenters. The molecule has 0 bridgehead atoms. The zero-order valence-corrected chi connectivity index (χ0v) is 14.7. The fourth-order valence-electron chi connectivity index (χ4n) is 2.70. The van der Waals surface area contributed by atoms with Crippen molar-refractivity contribution in [1.82, 2.24) is 19.8 Å². The van der Waals surface area contributed by atoms with Crippen LogP contribution in [0.4, 0.5) is 0 Å². The van der Waals surface area contributed by atoms with Gasteiger partial charge in [-0.15, -0.1) is 0 Å². The molecule has 1 aromatic heterocycles. The van der Waals surface area contributed by atoms with E-state index in [0.717, 1.165) is 29.3 Å². The van der Waals surface area contributed by atoms with Crippen molar-refractivity contribution < 1.29 is 14.3 Å². The Balaban J connectivity index is 1.58. The number of nitrogens with one attached hydrogen (secondary N) is 1. The fourth-order valence-corrected chi connectivity index (χ4v) is 2.70. The summed E-state index contributed by atoms with van der Waals surface area (Å²) >= 11 is 0. The monoisotopic (exact) mass is 344 g/mol. The number of nitrogens with zero attached hydrogens (tertiary/aromatic N) is 3. The Morgan fingerprint density at radius 1 is 1.24 bits per heavy atom. The summed E-state index contributed by atoms with van der Waals surface area (Å²) in [5.41, 5.74) is 2.02. The van der Waals surface area contributed by atoms with Crippen molar-refractivity contribution in [2.24, 2.45) is 0 Å². The molecule has 0 saturated heterocycles. The molecular weight excluding hydrogens is 320 g/mol. The number of H-pyrrole nitrogens is 1. The lowest BCUT2D eigenvalue weighted by Crippen LogP contribution is -2.36. The normalized spacial score (nSPS) is 12.6. The first-order valence-corrected chi connectivity index (χ1v) is 8.40. The quantitative estimate of drug-likeness (QED) is 0.789. The summed E-state index contributed by atoms with van der Waals surface area (Å²) in [6.07, 6.45) is 4.53. The minimum absolute atomic E-state index is 0.133. The van der Waals surface area contributed by atoms with E-state index in [1.54, 1.807) is 12.5 Å². The van der Waals surface area contributed by atoms with Crippen LogP contribution in [0.1, 0.15) is 17.7 Å². The summed E-state index contributed by atoms with van der Waals surface area (Å²) in [4.78, 5) is 23.7. The van der Waals surface area contributed by atoms with Crippen LogP contribution >= 0.6 is 0 Å². The van der Waals surface area contributed by atoms with E-state index >= 15 is 0 Å². The van der Waals surface area contributed by atoms with E-state index in [-0.39, 0.29) is 12.7 Å². The van der Waals surface area contributed by atoms with Crippen LogP contribution in [-0.4, -0.2) is 59.7 Å². The lowest BCUT2D eigenvalue weighted by atomic mass is 10.1. The number of amides is 1. The van der Waals surface area contributed by atoms with Crippen LogP contribution in [0.2, 0.25) is 0 Å². The number of aromatic nitrogens is 2. The molecule has 134 valence electrons. The maximum atomic E-state index is 12.7. The van der Waals surface area contributed by atoms with Crippen molar-refractivity contribution in [3.8, 4) is 11.5 Å². The molecular formula is C18H24N4O3. The highest BCUT2D eigenvalue weighted by Gasteiger charge is 2.17. The standard InChI is InChI=1S/C18H24N4O3/c1-21(2)7-8-22(11-15-10-19-12-20-15)18(23)6-4-14-3-5-16-17(9-14)25-13-24-16/h3,5,9-10,12H,4,6-8,11,13H2,1-2H3,(H,19,20). The Kier molecular flexibility index (Phi) is 5.55.